The minimum Gasteiger partial charge on any atom is -0.399 e. The maximum absolute atomic E-state index is 13.4. The maximum Gasteiger partial charge on any atom is 0.161 e. The van der Waals surface area contributed by atoms with E-state index in [1.807, 2.05) is 30.3 Å². The average Bonchev–Trinajstić information content (AvgIpc) is 2.75. The molecule has 1 aliphatic rings. The number of rotatable bonds is 5. The predicted octanol–water partition coefficient (Wildman–Crippen LogP) is 2.62. The maximum atomic E-state index is 13.4. The summed E-state index contributed by atoms with van der Waals surface area (Å²) in [6.07, 6.45) is 3.25. The molecule has 156 valence electrons. The lowest BCUT2D eigenvalue weighted by Gasteiger charge is -2.34. The van der Waals surface area contributed by atoms with Gasteiger partial charge >= 0.3 is 0 Å². The number of ether oxygens (including phenoxy) is 1. The van der Waals surface area contributed by atoms with Crippen LogP contribution in [-0.2, 0) is 20.0 Å². The molecule has 1 fully saturated rings. The smallest absolute Gasteiger partial charge is 0.161 e. The molecule has 8 heteroatoms. The number of hydrogen-bond donors (Lipinski definition) is 1. The normalized spacial score (nSPS) is 18.7. The standard InChI is InChI=1S/C22H25N5O2S/c1-16-14-29-12-11-27(16)21-13-19(15-30(2,28)20-7-9-24-10-8-20)25-22(26-21)17-3-5-18(23)6-4-17/h3-10,13,16H,2,11-12,14-15,23H2,1H3/t16-,30?/m0/s1. The second-order valence-corrected chi connectivity index (χ2v) is 9.80. The molecule has 1 aliphatic heterocycles. The van der Waals surface area contributed by atoms with Gasteiger partial charge in [0.2, 0.25) is 0 Å². The van der Waals surface area contributed by atoms with Crippen LogP contribution in [-0.4, -0.2) is 50.8 Å². The largest absolute Gasteiger partial charge is 0.399 e. The SMILES string of the molecule is C=S(=O)(Cc1cc(N2CCOC[C@@H]2C)nc(-c2ccc(N)cc2)n1)c1ccncc1. The summed E-state index contributed by atoms with van der Waals surface area (Å²) in [6, 6.07) is 13.0. The van der Waals surface area contributed by atoms with Crippen molar-refractivity contribution >= 4 is 26.9 Å². The molecule has 2 N–H and O–H groups in total. The molecule has 2 aromatic heterocycles. The van der Waals surface area contributed by atoms with Gasteiger partial charge in [0.15, 0.2) is 5.82 Å². The van der Waals surface area contributed by atoms with E-state index in [4.69, 9.17) is 20.4 Å². The van der Waals surface area contributed by atoms with E-state index in [0.29, 0.717) is 35.3 Å². The highest BCUT2D eigenvalue weighted by molar-refractivity contribution is 7.99. The number of hydrogen-bond acceptors (Lipinski definition) is 7. The van der Waals surface area contributed by atoms with Crippen LogP contribution in [0.25, 0.3) is 11.4 Å². The fraction of sp³-hybridized carbons (Fsp3) is 0.273. The summed E-state index contributed by atoms with van der Waals surface area (Å²) in [5, 5.41) is 0. The van der Waals surface area contributed by atoms with Crippen LogP contribution in [0.4, 0.5) is 11.5 Å². The third kappa shape index (κ3) is 4.44. The summed E-state index contributed by atoms with van der Waals surface area (Å²) in [4.78, 5) is 16.4. The van der Waals surface area contributed by atoms with Crippen molar-refractivity contribution in [2.75, 3.05) is 30.4 Å². The highest BCUT2D eigenvalue weighted by Crippen LogP contribution is 2.25. The van der Waals surface area contributed by atoms with E-state index in [0.717, 1.165) is 17.9 Å². The molecule has 1 aromatic carbocycles. The molecule has 1 saturated heterocycles. The molecule has 4 rings (SSSR count). The number of anilines is 2. The van der Waals surface area contributed by atoms with Crippen LogP contribution in [0.15, 0.2) is 59.8 Å². The van der Waals surface area contributed by atoms with Gasteiger partial charge in [-0.2, -0.15) is 0 Å². The molecule has 0 spiro atoms. The number of nitrogens with zero attached hydrogens (tertiary/aromatic N) is 4. The van der Waals surface area contributed by atoms with Crippen molar-refractivity contribution in [3.63, 3.8) is 0 Å². The van der Waals surface area contributed by atoms with Gasteiger partial charge in [-0.25, -0.2) is 9.97 Å². The molecule has 0 saturated carbocycles. The lowest BCUT2D eigenvalue weighted by molar-refractivity contribution is 0.0985. The Balaban J connectivity index is 1.76. The third-order valence-electron chi connectivity index (χ3n) is 5.06. The van der Waals surface area contributed by atoms with Gasteiger partial charge in [-0.15, -0.1) is 0 Å². The fourth-order valence-corrected chi connectivity index (χ4v) is 4.85. The van der Waals surface area contributed by atoms with Crippen LogP contribution >= 0.6 is 0 Å². The second kappa shape index (κ2) is 8.41. The topological polar surface area (TPSA) is 94.2 Å². The summed E-state index contributed by atoms with van der Waals surface area (Å²) in [5.41, 5.74) is 8.05. The van der Waals surface area contributed by atoms with Crippen molar-refractivity contribution in [2.24, 2.45) is 0 Å². The molecule has 1 unspecified atom stereocenters. The lowest BCUT2D eigenvalue weighted by Crippen LogP contribution is -2.44. The van der Waals surface area contributed by atoms with Gasteiger partial charge in [0.1, 0.15) is 5.82 Å². The quantitative estimate of drug-likeness (QED) is 0.498. The molecule has 7 nitrogen and oxygen atoms in total. The van der Waals surface area contributed by atoms with Crippen molar-refractivity contribution in [1.82, 2.24) is 15.0 Å². The zero-order valence-corrected chi connectivity index (χ0v) is 17.7. The monoisotopic (exact) mass is 423 g/mol. The van der Waals surface area contributed by atoms with Crippen molar-refractivity contribution in [3.8, 4) is 11.4 Å². The van der Waals surface area contributed by atoms with Gasteiger partial charge in [-0.1, -0.05) is 0 Å². The van der Waals surface area contributed by atoms with E-state index in [1.54, 1.807) is 24.5 Å². The molecule has 3 heterocycles. The zero-order chi connectivity index (χ0) is 21.1. The first kappa shape index (κ1) is 20.3. The van der Waals surface area contributed by atoms with Gasteiger partial charge in [0, 0.05) is 50.7 Å². The van der Waals surface area contributed by atoms with Crippen LogP contribution in [0.5, 0.6) is 0 Å². The molecule has 0 aliphatic carbocycles. The molecule has 0 radical (unpaired) electrons. The Morgan fingerprint density at radius 2 is 1.93 bits per heavy atom. The van der Waals surface area contributed by atoms with E-state index in [-0.39, 0.29) is 11.8 Å². The van der Waals surface area contributed by atoms with Crippen LogP contribution in [0.3, 0.4) is 0 Å². The summed E-state index contributed by atoms with van der Waals surface area (Å²) in [5.74, 6) is 5.59. The van der Waals surface area contributed by atoms with Crippen molar-refractivity contribution in [3.05, 3.63) is 60.6 Å². The summed E-state index contributed by atoms with van der Waals surface area (Å²) in [7, 11) is -2.57. The van der Waals surface area contributed by atoms with Crippen molar-refractivity contribution in [2.45, 2.75) is 23.6 Å². The van der Waals surface area contributed by atoms with Crippen LogP contribution in [0.2, 0.25) is 0 Å². The van der Waals surface area contributed by atoms with E-state index >= 15 is 0 Å². The predicted molar refractivity (Wildman–Crippen MR) is 121 cm³/mol. The Morgan fingerprint density at radius 1 is 1.20 bits per heavy atom. The fourth-order valence-electron chi connectivity index (χ4n) is 3.44. The second-order valence-electron chi connectivity index (χ2n) is 7.42. The van der Waals surface area contributed by atoms with E-state index < -0.39 is 9.52 Å². The van der Waals surface area contributed by atoms with Crippen LogP contribution in [0.1, 0.15) is 12.6 Å². The summed E-state index contributed by atoms with van der Waals surface area (Å²) in [6.45, 7) is 4.12. The van der Waals surface area contributed by atoms with Gasteiger partial charge < -0.3 is 15.4 Å². The van der Waals surface area contributed by atoms with E-state index in [2.05, 4.69) is 22.7 Å². The minimum atomic E-state index is -2.57. The Morgan fingerprint density at radius 3 is 2.63 bits per heavy atom. The third-order valence-corrected chi connectivity index (χ3v) is 6.95. The number of aromatic nitrogens is 3. The van der Waals surface area contributed by atoms with Crippen molar-refractivity contribution < 1.29 is 8.95 Å². The Labute approximate surface area is 177 Å². The van der Waals surface area contributed by atoms with Crippen LogP contribution < -0.4 is 10.6 Å². The van der Waals surface area contributed by atoms with Crippen LogP contribution in [0, 0.1) is 0 Å². The highest BCUT2D eigenvalue weighted by atomic mass is 32.2. The average molecular weight is 424 g/mol. The number of benzene rings is 1. The first-order valence-corrected chi connectivity index (χ1v) is 11.7. The summed E-state index contributed by atoms with van der Waals surface area (Å²) < 4.78 is 18.9. The van der Waals surface area contributed by atoms with Gasteiger partial charge in [0.25, 0.3) is 0 Å². The number of pyridine rings is 1. The first-order valence-electron chi connectivity index (χ1n) is 9.75. The lowest BCUT2D eigenvalue weighted by atomic mass is 10.2. The molecule has 0 bridgehead atoms. The van der Waals surface area contributed by atoms with Gasteiger partial charge in [-0.05, 0) is 49.2 Å². The summed E-state index contributed by atoms with van der Waals surface area (Å²) >= 11 is 0. The number of nitrogen functional groups attached to an aromatic ring is 1. The Kier molecular flexibility index (Phi) is 5.69. The zero-order valence-electron chi connectivity index (χ0n) is 16.9. The Hall–Kier alpha value is -2.97. The molecule has 2 atom stereocenters. The molecule has 30 heavy (non-hydrogen) atoms. The minimum absolute atomic E-state index is 0.185. The number of nitrogens with two attached hydrogens (primary N) is 1. The van der Waals surface area contributed by atoms with E-state index in [1.165, 1.54) is 0 Å². The van der Waals surface area contributed by atoms with Gasteiger partial charge in [0.05, 0.1) is 30.7 Å². The highest BCUT2D eigenvalue weighted by Gasteiger charge is 2.22. The van der Waals surface area contributed by atoms with Gasteiger partial charge in [-0.3, -0.25) is 9.19 Å². The molecular formula is C22H25N5O2S. The molecular weight excluding hydrogens is 398 g/mol. The Bertz CT molecular complexity index is 1120. The van der Waals surface area contributed by atoms with E-state index in [9.17, 15) is 4.21 Å². The van der Waals surface area contributed by atoms with Crippen molar-refractivity contribution in [1.29, 1.82) is 0 Å². The first-order chi connectivity index (χ1) is 14.4. The molecule has 0 amide bonds. The number of morpholine rings is 1. The molecule has 3 aromatic rings.